The summed E-state index contributed by atoms with van der Waals surface area (Å²) in [5.74, 6) is 0.298. The van der Waals surface area contributed by atoms with E-state index in [9.17, 15) is 13.2 Å². The molecule has 0 aliphatic carbocycles. The highest BCUT2D eigenvalue weighted by atomic mass is 32.2. The number of benzene rings is 2. The van der Waals surface area contributed by atoms with Crippen molar-refractivity contribution in [3.63, 3.8) is 0 Å². The third-order valence-corrected chi connectivity index (χ3v) is 6.39. The molecule has 0 heterocycles. The van der Waals surface area contributed by atoms with Crippen LogP contribution in [0.15, 0.2) is 42.5 Å². The third-order valence-electron chi connectivity index (χ3n) is 5.15. The van der Waals surface area contributed by atoms with Crippen LogP contribution < -0.4 is 14.4 Å². The van der Waals surface area contributed by atoms with Gasteiger partial charge in [-0.05, 0) is 75.1 Å². The Morgan fingerprint density at radius 3 is 2.20 bits per heavy atom. The van der Waals surface area contributed by atoms with E-state index in [4.69, 9.17) is 4.74 Å². The molecule has 2 aromatic carbocycles. The van der Waals surface area contributed by atoms with Crippen LogP contribution >= 0.6 is 0 Å². The van der Waals surface area contributed by atoms with Gasteiger partial charge in [0.25, 0.3) is 0 Å². The van der Waals surface area contributed by atoms with E-state index in [0.29, 0.717) is 24.5 Å². The average molecular weight is 433 g/mol. The lowest BCUT2D eigenvalue weighted by Crippen LogP contribution is -2.48. The maximum atomic E-state index is 13.0. The fourth-order valence-electron chi connectivity index (χ4n) is 3.36. The van der Waals surface area contributed by atoms with Crippen LogP contribution in [0.1, 0.15) is 49.9 Å². The molecule has 0 unspecified atom stereocenters. The van der Waals surface area contributed by atoms with E-state index in [1.807, 2.05) is 39.8 Å². The van der Waals surface area contributed by atoms with Gasteiger partial charge in [0.15, 0.2) is 0 Å². The lowest BCUT2D eigenvalue weighted by Gasteiger charge is -2.30. The zero-order valence-electron chi connectivity index (χ0n) is 18.6. The molecule has 2 atom stereocenters. The zero-order chi connectivity index (χ0) is 22.5. The van der Waals surface area contributed by atoms with E-state index in [2.05, 4.69) is 11.4 Å². The molecular weight excluding hydrogens is 400 g/mol. The molecule has 2 rings (SSSR count). The van der Waals surface area contributed by atoms with Crippen molar-refractivity contribution in [1.82, 2.24) is 5.32 Å². The molecule has 0 aliphatic rings. The summed E-state index contributed by atoms with van der Waals surface area (Å²) in [5, 5.41) is 3.01. The van der Waals surface area contributed by atoms with E-state index in [1.165, 1.54) is 5.56 Å². The number of amides is 1. The number of sulfonamides is 1. The summed E-state index contributed by atoms with van der Waals surface area (Å²) in [6, 6.07) is 11.7. The molecule has 30 heavy (non-hydrogen) atoms. The molecular formula is C23H32N2O4S. The highest BCUT2D eigenvalue weighted by Crippen LogP contribution is 2.25. The fourth-order valence-corrected chi connectivity index (χ4v) is 4.53. The number of nitrogens with zero attached hydrogens (tertiary/aromatic N) is 1. The number of nitrogens with one attached hydrogen (secondary N) is 1. The Balaban J connectivity index is 2.27. The molecule has 6 nitrogen and oxygen atoms in total. The molecule has 7 heteroatoms. The minimum Gasteiger partial charge on any atom is -0.494 e. The minimum absolute atomic E-state index is 0.194. The Kier molecular flexibility index (Phi) is 7.89. The van der Waals surface area contributed by atoms with Gasteiger partial charge in [-0.1, -0.05) is 25.1 Å². The Bertz CT molecular complexity index is 971. The van der Waals surface area contributed by atoms with E-state index in [-0.39, 0.29) is 11.9 Å². The summed E-state index contributed by atoms with van der Waals surface area (Å²) in [4.78, 5) is 13.0. The van der Waals surface area contributed by atoms with Gasteiger partial charge in [-0.25, -0.2) is 8.42 Å². The van der Waals surface area contributed by atoms with Crippen LogP contribution in [0.2, 0.25) is 0 Å². The SMILES string of the molecule is CCOc1ccc(N([C@@H](C)C(=O)N[C@@H](CC)c2ccc(C)c(C)c2)S(C)(=O)=O)cc1. The maximum absolute atomic E-state index is 13.0. The van der Waals surface area contributed by atoms with Crippen molar-refractivity contribution < 1.29 is 17.9 Å². The number of carbonyl (C=O) groups excluding carboxylic acids is 1. The van der Waals surface area contributed by atoms with Gasteiger partial charge in [0.2, 0.25) is 15.9 Å². The normalized spacial score (nSPS) is 13.4. The first-order valence-electron chi connectivity index (χ1n) is 10.2. The topological polar surface area (TPSA) is 75.7 Å². The molecule has 0 radical (unpaired) electrons. The number of rotatable bonds is 9. The fraction of sp³-hybridized carbons (Fsp3) is 0.435. The first-order chi connectivity index (χ1) is 14.1. The van der Waals surface area contributed by atoms with Crippen LogP contribution in [0.5, 0.6) is 5.75 Å². The van der Waals surface area contributed by atoms with Crippen LogP contribution in [-0.4, -0.2) is 33.2 Å². The van der Waals surface area contributed by atoms with Crippen LogP contribution in [0, 0.1) is 13.8 Å². The zero-order valence-corrected chi connectivity index (χ0v) is 19.4. The molecule has 1 amide bonds. The smallest absolute Gasteiger partial charge is 0.244 e. The van der Waals surface area contributed by atoms with Gasteiger partial charge < -0.3 is 10.1 Å². The van der Waals surface area contributed by atoms with Gasteiger partial charge in [-0.15, -0.1) is 0 Å². The van der Waals surface area contributed by atoms with E-state index in [0.717, 1.165) is 21.7 Å². The number of anilines is 1. The largest absolute Gasteiger partial charge is 0.494 e. The Hall–Kier alpha value is -2.54. The van der Waals surface area contributed by atoms with Crippen LogP contribution in [0.3, 0.4) is 0 Å². The van der Waals surface area contributed by atoms with Gasteiger partial charge in [0, 0.05) is 0 Å². The number of hydrogen-bond acceptors (Lipinski definition) is 4. The van der Waals surface area contributed by atoms with Crippen molar-refractivity contribution in [2.45, 2.75) is 53.1 Å². The number of carbonyl (C=O) groups is 1. The molecule has 0 saturated carbocycles. The van der Waals surface area contributed by atoms with Crippen LogP contribution in [0.4, 0.5) is 5.69 Å². The quantitative estimate of drug-likeness (QED) is 0.647. The van der Waals surface area contributed by atoms with Crippen molar-refractivity contribution in [2.24, 2.45) is 0 Å². The summed E-state index contributed by atoms with van der Waals surface area (Å²) in [7, 11) is -3.68. The molecule has 0 bridgehead atoms. The highest BCUT2D eigenvalue weighted by Gasteiger charge is 2.30. The summed E-state index contributed by atoms with van der Waals surface area (Å²) < 4.78 is 31.6. The number of hydrogen-bond donors (Lipinski definition) is 1. The van der Waals surface area contributed by atoms with Crippen molar-refractivity contribution >= 4 is 21.6 Å². The Labute approximate surface area is 180 Å². The van der Waals surface area contributed by atoms with Crippen molar-refractivity contribution in [3.05, 3.63) is 59.2 Å². The van der Waals surface area contributed by atoms with Crippen molar-refractivity contribution in [2.75, 3.05) is 17.2 Å². The first-order valence-corrected chi connectivity index (χ1v) is 12.0. The van der Waals surface area contributed by atoms with Gasteiger partial charge in [-0.3, -0.25) is 9.10 Å². The van der Waals surface area contributed by atoms with E-state index < -0.39 is 16.1 Å². The molecule has 164 valence electrons. The second kappa shape index (κ2) is 9.98. The summed E-state index contributed by atoms with van der Waals surface area (Å²) in [5.41, 5.74) is 3.77. The number of ether oxygens (including phenoxy) is 1. The Morgan fingerprint density at radius 2 is 1.70 bits per heavy atom. The third kappa shape index (κ3) is 5.75. The lowest BCUT2D eigenvalue weighted by molar-refractivity contribution is -0.122. The molecule has 1 N–H and O–H groups in total. The first kappa shape index (κ1) is 23.7. The highest BCUT2D eigenvalue weighted by molar-refractivity contribution is 7.92. The number of aryl methyl sites for hydroxylation is 2. The van der Waals surface area contributed by atoms with Crippen LogP contribution in [-0.2, 0) is 14.8 Å². The molecule has 0 aliphatic heterocycles. The summed E-state index contributed by atoms with van der Waals surface area (Å²) in [6.07, 6.45) is 1.80. The van der Waals surface area contributed by atoms with Crippen molar-refractivity contribution in [1.29, 1.82) is 0 Å². The Morgan fingerprint density at radius 1 is 1.07 bits per heavy atom. The molecule has 0 saturated heterocycles. The van der Waals surface area contributed by atoms with Gasteiger partial charge in [0.1, 0.15) is 11.8 Å². The van der Waals surface area contributed by atoms with Gasteiger partial charge >= 0.3 is 0 Å². The van der Waals surface area contributed by atoms with Crippen LogP contribution in [0.25, 0.3) is 0 Å². The molecule has 2 aromatic rings. The van der Waals surface area contributed by atoms with E-state index >= 15 is 0 Å². The predicted molar refractivity (Wildman–Crippen MR) is 121 cm³/mol. The minimum atomic E-state index is -3.68. The monoisotopic (exact) mass is 432 g/mol. The summed E-state index contributed by atoms with van der Waals surface area (Å²) in [6.45, 7) is 10.1. The van der Waals surface area contributed by atoms with Crippen molar-refractivity contribution in [3.8, 4) is 5.75 Å². The molecule has 0 spiro atoms. The van der Waals surface area contributed by atoms with Gasteiger partial charge in [-0.2, -0.15) is 0 Å². The van der Waals surface area contributed by atoms with E-state index in [1.54, 1.807) is 31.2 Å². The maximum Gasteiger partial charge on any atom is 0.244 e. The summed E-state index contributed by atoms with van der Waals surface area (Å²) >= 11 is 0. The predicted octanol–water partition coefficient (Wildman–Crippen LogP) is 4.12. The lowest BCUT2D eigenvalue weighted by atomic mass is 9.99. The average Bonchev–Trinajstić information content (AvgIpc) is 2.68. The second-order valence-corrected chi connectivity index (χ2v) is 9.33. The second-order valence-electron chi connectivity index (χ2n) is 7.47. The molecule has 0 aromatic heterocycles. The standard InChI is InChI=1S/C23H32N2O4S/c1-7-22(19-10-9-16(3)17(4)15-19)24-23(26)18(5)25(30(6,27)28)20-11-13-21(14-12-20)29-8-2/h9-15,18,22H,7-8H2,1-6H3,(H,24,26)/t18-,22-/m0/s1. The molecule has 0 fully saturated rings. The van der Waals surface area contributed by atoms with Gasteiger partial charge in [0.05, 0.1) is 24.6 Å².